The van der Waals surface area contributed by atoms with Gasteiger partial charge in [-0.05, 0) is 18.9 Å². The third-order valence-electron chi connectivity index (χ3n) is 6.31. The summed E-state index contributed by atoms with van der Waals surface area (Å²) >= 11 is 0. The van der Waals surface area contributed by atoms with Crippen LogP contribution in [0.4, 0.5) is 11.8 Å². The highest BCUT2D eigenvalue weighted by molar-refractivity contribution is 5.83. The van der Waals surface area contributed by atoms with Gasteiger partial charge in [0.1, 0.15) is 0 Å². The predicted molar refractivity (Wildman–Crippen MR) is 120 cm³/mol. The Morgan fingerprint density at radius 3 is 2.41 bits per heavy atom. The van der Waals surface area contributed by atoms with Crippen molar-refractivity contribution in [2.24, 2.45) is 5.92 Å². The molecule has 0 saturated carbocycles. The fourth-order valence-electron chi connectivity index (χ4n) is 4.41. The Balaban J connectivity index is 1.32. The molecule has 2 saturated heterocycles. The van der Waals surface area contributed by atoms with Gasteiger partial charge in [-0.25, -0.2) is 15.0 Å². The molecule has 0 N–H and O–H groups in total. The molecule has 164 valence electrons. The zero-order chi connectivity index (χ0) is 22.1. The van der Waals surface area contributed by atoms with Gasteiger partial charge in [-0.15, -0.1) is 0 Å². The molecule has 2 fully saturated rings. The van der Waals surface area contributed by atoms with Crippen molar-refractivity contribution in [1.82, 2.24) is 19.9 Å². The molecule has 0 spiro atoms. The molecule has 0 radical (unpaired) electrons. The van der Waals surface area contributed by atoms with E-state index in [0.717, 1.165) is 61.4 Å². The number of fused-ring (bicyclic) bond motifs is 1. The molecule has 5 rings (SSSR count). The maximum Gasteiger partial charge on any atom is 0.225 e. The Hall–Kier alpha value is -3.67. The van der Waals surface area contributed by atoms with E-state index in [1.54, 1.807) is 26.6 Å². The molecule has 0 amide bonds. The number of hydrogen-bond donors (Lipinski definition) is 0. The van der Waals surface area contributed by atoms with Gasteiger partial charge >= 0.3 is 0 Å². The summed E-state index contributed by atoms with van der Waals surface area (Å²) in [6.07, 6.45) is 7.08. The Bertz CT molecular complexity index is 1160. The number of anilines is 2. The molecule has 0 aliphatic carbocycles. The Morgan fingerprint density at radius 2 is 1.69 bits per heavy atom. The van der Waals surface area contributed by atoms with E-state index in [2.05, 4.69) is 30.8 Å². The Kier molecular flexibility index (Phi) is 5.35. The van der Waals surface area contributed by atoms with Crippen molar-refractivity contribution in [3.63, 3.8) is 0 Å². The number of rotatable bonds is 5. The second kappa shape index (κ2) is 8.46. The largest absolute Gasteiger partial charge is 0.493 e. The van der Waals surface area contributed by atoms with Crippen LogP contribution >= 0.6 is 0 Å². The van der Waals surface area contributed by atoms with E-state index >= 15 is 0 Å². The molecule has 9 nitrogen and oxygen atoms in total. The molecule has 4 heterocycles. The number of hydrogen-bond acceptors (Lipinski definition) is 9. The van der Waals surface area contributed by atoms with Crippen LogP contribution in [-0.4, -0.2) is 60.3 Å². The van der Waals surface area contributed by atoms with E-state index in [9.17, 15) is 0 Å². The van der Waals surface area contributed by atoms with Crippen molar-refractivity contribution in [3.05, 3.63) is 36.4 Å². The molecule has 1 aromatic carbocycles. The molecule has 2 aliphatic heterocycles. The Labute approximate surface area is 186 Å². The summed E-state index contributed by atoms with van der Waals surface area (Å²) in [5.74, 6) is 3.38. The van der Waals surface area contributed by atoms with Gasteiger partial charge in [0.2, 0.25) is 5.95 Å². The fourth-order valence-corrected chi connectivity index (χ4v) is 4.41. The highest BCUT2D eigenvalue weighted by Crippen LogP contribution is 2.36. The summed E-state index contributed by atoms with van der Waals surface area (Å²) in [5.41, 5.74) is 1.84. The van der Waals surface area contributed by atoms with Gasteiger partial charge < -0.3 is 19.3 Å². The van der Waals surface area contributed by atoms with Crippen LogP contribution in [0.3, 0.4) is 0 Å². The monoisotopic (exact) mass is 431 g/mol. The summed E-state index contributed by atoms with van der Waals surface area (Å²) in [5, 5.41) is 10.1. The maximum absolute atomic E-state index is 9.17. The van der Waals surface area contributed by atoms with Gasteiger partial charge in [-0.3, -0.25) is 4.98 Å². The maximum atomic E-state index is 9.17. The highest BCUT2D eigenvalue weighted by Gasteiger charge is 2.35. The lowest BCUT2D eigenvalue weighted by molar-refractivity contribution is 0.355. The van der Waals surface area contributed by atoms with Crippen LogP contribution in [-0.2, 0) is 0 Å². The van der Waals surface area contributed by atoms with Crippen molar-refractivity contribution < 1.29 is 9.47 Å². The van der Waals surface area contributed by atoms with Crippen LogP contribution in [0, 0.1) is 17.2 Å². The van der Waals surface area contributed by atoms with Gasteiger partial charge in [0.25, 0.3) is 0 Å². The predicted octanol–water partition coefficient (Wildman–Crippen LogP) is 2.78. The van der Waals surface area contributed by atoms with Crippen LogP contribution < -0.4 is 19.3 Å². The first-order valence-corrected chi connectivity index (χ1v) is 10.8. The van der Waals surface area contributed by atoms with Gasteiger partial charge in [-0.1, -0.05) is 0 Å². The minimum atomic E-state index is 0.147. The van der Waals surface area contributed by atoms with Crippen LogP contribution in [0.5, 0.6) is 11.5 Å². The number of nitrogens with zero attached hydrogens (tertiary/aromatic N) is 7. The van der Waals surface area contributed by atoms with Crippen LogP contribution in [0.15, 0.2) is 30.7 Å². The first kappa shape index (κ1) is 20.2. The average Bonchev–Trinajstić information content (AvgIpc) is 2.82. The van der Waals surface area contributed by atoms with Crippen LogP contribution in [0.2, 0.25) is 0 Å². The minimum absolute atomic E-state index is 0.147. The minimum Gasteiger partial charge on any atom is -0.493 e. The molecule has 0 atom stereocenters. The zero-order valence-electron chi connectivity index (χ0n) is 18.2. The van der Waals surface area contributed by atoms with Gasteiger partial charge in [0.05, 0.1) is 31.5 Å². The standard InChI is InChI=1S/C23H25N7O2/c1-31-19-9-16-12-27-23(28-18(16)10-20(19)32-2)30-13-17(14-30)21-22(26-6-5-25-21)29-7-3-15(11-24)4-8-29/h5-6,9-10,12,15,17H,3-4,7-8,13-14H2,1-2H3. The quantitative estimate of drug-likeness (QED) is 0.603. The van der Waals surface area contributed by atoms with Crippen molar-refractivity contribution in [1.29, 1.82) is 5.26 Å². The molecule has 3 aromatic rings. The second-order valence-corrected chi connectivity index (χ2v) is 8.19. The first-order chi connectivity index (χ1) is 15.7. The Morgan fingerprint density at radius 1 is 0.969 bits per heavy atom. The number of nitriles is 1. The number of ether oxygens (including phenoxy) is 2. The van der Waals surface area contributed by atoms with Crippen LogP contribution in [0.1, 0.15) is 24.5 Å². The van der Waals surface area contributed by atoms with Crippen molar-refractivity contribution in [2.75, 3.05) is 50.2 Å². The third kappa shape index (κ3) is 3.62. The van der Waals surface area contributed by atoms with Crippen molar-refractivity contribution in [3.8, 4) is 17.6 Å². The molecular formula is C23H25N7O2. The smallest absolute Gasteiger partial charge is 0.225 e. The second-order valence-electron chi connectivity index (χ2n) is 8.19. The summed E-state index contributed by atoms with van der Waals surface area (Å²) in [4.78, 5) is 23.0. The fraction of sp³-hybridized carbons (Fsp3) is 0.435. The van der Waals surface area contributed by atoms with E-state index in [1.165, 1.54) is 0 Å². The molecule has 0 unspecified atom stereocenters. The van der Waals surface area contributed by atoms with Gasteiger partial charge in [0, 0.05) is 68.1 Å². The van der Waals surface area contributed by atoms with Crippen molar-refractivity contribution in [2.45, 2.75) is 18.8 Å². The molecule has 32 heavy (non-hydrogen) atoms. The molecule has 0 bridgehead atoms. The van der Waals surface area contributed by atoms with E-state index < -0.39 is 0 Å². The molecule has 9 heteroatoms. The zero-order valence-corrected chi connectivity index (χ0v) is 18.2. The summed E-state index contributed by atoms with van der Waals surface area (Å²) in [6.45, 7) is 3.27. The molecule has 2 aromatic heterocycles. The SMILES string of the molecule is COc1cc2cnc(N3CC(c4nccnc4N4CCC(C#N)CC4)C3)nc2cc1OC. The van der Waals surface area contributed by atoms with Gasteiger partial charge in [0.15, 0.2) is 17.3 Å². The number of piperidine rings is 1. The molecular weight excluding hydrogens is 406 g/mol. The summed E-state index contributed by atoms with van der Waals surface area (Å²) < 4.78 is 10.8. The first-order valence-electron chi connectivity index (χ1n) is 10.8. The van der Waals surface area contributed by atoms with E-state index in [1.807, 2.05) is 18.3 Å². The summed E-state index contributed by atoms with van der Waals surface area (Å²) in [6, 6.07) is 6.15. The lowest BCUT2D eigenvalue weighted by Gasteiger charge is -2.40. The van der Waals surface area contributed by atoms with Crippen molar-refractivity contribution >= 4 is 22.7 Å². The van der Waals surface area contributed by atoms with E-state index in [0.29, 0.717) is 17.4 Å². The number of methoxy groups -OCH3 is 2. The molecule has 2 aliphatic rings. The van der Waals surface area contributed by atoms with Gasteiger partial charge in [-0.2, -0.15) is 5.26 Å². The lowest BCUT2D eigenvalue weighted by Crippen LogP contribution is -2.47. The number of benzene rings is 1. The normalized spacial score (nSPS) is 17.2. The highest BCUT2D eigenvalue weighted by atomic mass is 16.5. The lowest BCUT2D eigenvalue weighted by atomic mass is 9.94. The topological polar surface area (TPSA) is 100 Å². The number of aromatic nitrogens is 4. The van der Waals surface area contributed by atoms with E-state index in [4.69, 9.17) is 19.7 Å². The third-order valence-corrected chi connectivity index (χ3v) is 6.31. The average molecular weight is 432 g/mol. The van der Waals surface area contributed by atoms with E-state index in [-0.39, 0.29) is 11.8 Å². The van der Waals surface area contributed by atoms with Crippen LogP contribution in [0.25, 0.3) is 10.9 Å². The summed E-state index contributed by atoms with van der Waals surface area (Å²) in [7, 11) is 3.23.